The van der Waals surface area contributed by atoms with Gasteiger partial charge in [-0.1, -0.05) is 39.8 Å². The Hall–Kier alpha value is -0.260. The monoisotopic (exact) mass is 163 g/mol. The number of hydrogen-bond acceptors (Lipinski definition) is 0. The summed E-state index contributed by atoms with van der Waals surface area (Å²) in [5, 5.41) is 0. The summed E-state index contributed by atoms with van der Waals surface area (Å²) in [6.45, 7) is 13.8. The molecular formula is C12H19. The first-order valence-electron chi connectivity index (χ1n) is 5.03. The number of hydrogen-bond donors (Lipinski definition) is 0. The molecule has 0 amide bonds. The minimum Gasteiger partial charge on any atom is -0.0990 e. The highest BCUT2D eigenvalue weighted by atomic mass is 14.6. The van der Waals surface area contributed by atoms with Gasteiger partial charge in [-0.15, -0.1) is 0 Å². The topological polar surface area (TPSA) is 0 Å². The van der Waals surface area contributed by atoms with Gasteiger partial charge in [0, 0.05) is 5.92 Å². The van der Waals surface area contributed by atoms with Crippen LogP contribution >= 0.6 is 0 Å². The summed E-state index contributed by atoms with van der Waals surface area (Å²) in [5.74, 6) is 4.03. The lowest BCUT2D eigenvalue weighted by molar-refractivity contribution is 0.154. The van der Waals surface area contributed by atoms with Gasteiger partial charge in [-0.25, -0.2) is 0 Å². The zero-order chi connectivity index (χ0) is 9.09. The van der Waals surface area contributed by atoms with Crippen LogP contribution in [-0.2, 0) is 0 Å². The van der Waals surface area contributed by atoms with E-state index >= 15 is 0 Å². The third-order valence-corrected chi connectivity index (χ3v) is 4.84. The Labute approximate surface area is 76.1 Å². The van der Waals surface area contributed by atoms with Crippen molar-refractivity contribution in [1.82, 2.24) is 0 Å². The van der Waals surface area contributed by atoms with E-state index in [-0.39, 0.29) is 0 Å². The van der Waals surface area contributed by atoms with Crippen molar-refractivity contribution in [1.29, 1.82) is 0 Å². The van der Waals surface area contributed by atoms with Gasteiger partial charge in [-0.3, -0.25) is 0 Å². The fraction of sp³-hybridized carbons (Fsp3) is 0.750. The molecule has 0 heterocycles. The molecule has 2 rings (SSSR count). The van der Waals surface area contributed by atoms with Gasteiger partial charge >= 0.3 is 0 Å². The van der Waals surface area contributed by atoms with Crippen LogP contribution in [0.25, 0.3) is 0 Å². The maximum Gasteiger partial charge on any atom is 0.00423 e. The van der Waals surface area contributed by atoms with Crippen LogP contribution in [0.3, 0.4) is 0 Å². The molecule has 67 valence electrons. The minimum absolute atomic E-state index is 0.534. The first kappa shape index (κ1) is 8.34. The summed E-state index contributed by atoms with van der Waals surface area (Å²) < 4.78 is 0. The second-order valence-electron chi connectivity index (χ2n) is 5.03. The lowest BCUT2D eigenvalue weighted by atomic mass is 9.66. The maximum atomic E-state index is 4.21. The van der Waals surface area contributed by atoms with E-state index in [9.17, 15) is 0 Å². The molecule has 0 heteroatoms. The van der Waals surface area contributed by atoms with Crippen LogP contribution in [0.1, 0.15) is 34.1 Å². The van der Waals surface area contributed by atoms with Crippen molar-refractivity contribution in [3.05, 3.63) is 18.1 Å². The molecule has 0 spiro atoms. The normalized spacial score (nSPS) is 53.7. The molecule has 0 aromatic carbocycles. The third-order valence-electron chi connectivity index (χ3n) is 4.84. The van der Waals surface area contributed by atoms with Crippen molar-refractivity contribution < 1.29 is 0 Å². The number of rotatable bonds is 0. The van der Waals surface area contributed by atoms with E-state index in [1.807, 2.05) is 0 Å². The molecule has 12 heavy (non-hydrogen) atoms. The van der Waals surface area contributed by atoms with Crippen LogP contribution in [0, 0.1) is 29.1 Å². The van der Waals surface area contributed by atoms with Crippen LogP contribution in [0.5, 0.6) is 0 Å². The highest BCUT2D eigenvalue weighted by Gasteiger charge is 2.57. The van der Waals surface area contributed by atoms with E-state index in [4.69, 9.17) is 0 Å². The van der Waals surface area contributed by atoms with Gasteiger partial charge in [0.1, 0.15) is 0 Å². The van der Waals surface area contributed by atoms with E-state index in [1.165, 1.54) is 12.0 Å². The van der Waals surface area contributed by atoms with E-state index in [0.717, 1.165) is 17.8 Å². The van der Waals surface area contributed by atoms with Crippen LogP contribution in [-0.4, -0.2) is 0 Å². The summed E-state index contributed by atoms with van der Waals surface area (Å²) in [6, 6.07) is 0. The highest BCUT2D eigenvalue weighted by molar-refractivity contribution is 5.39. The standard InChI is InChI=1S/C12H19/c1-7-9(3)12(5)6-11(7)8(2)10(12)4/h8-10H,1,6H2,2-5H3. The summed E-state index contributed by atoms with van der Waals surface area (Å²) in [7, 11) is 0. The summed E-state index contributed by atoms with van der Waals surface area (Å²) in [5.41, 5.74) is 1.98. The lowest BCUT2D eigenvalue weighted by Gasteiger charge is -2.39. The Bertz CT molecular complexity index is 228. The largest absolute Gasteiger partial charge is 0.0990 e. The Morgan fingerprint density at radius 3 is 2.33 bits per heavy atom. The second kappa shape index (κ2) is 2.16. The molecule has 0 nitrogen and oxygen atoms in total. The smallest absolute Gasteiger partial charge is 0.00423 e. The summed E-state index contributed by atoms with van der Waals surface area (Å²) >= 11 is 0. The van der Waals surface area contributed by atoms with Crippen molar-refractivity contribution in [3.8, 4) is 0 Å². The van der Waals surface area contributed by atoms with E-state index in [0.29, 0.717) is 5.41 Å². The van der Waals surface area contributed by atoms with Crippen molar-refractivity contribution in [3.63, 3.8) is 0 Å². The van der Waals surface area contributed by atoms with Crippen LogP contribution in [0.2, 0.25) is 0 Å². The zero-order valence-corrected chi connectivity index (χ0v) is 8.65. The van der Waals surface area contributed by atoms with Gasteiger partial charge in [0.25, 0.3) is 0 Å². The number of allylic oxidation sites excluding steroid dienone is 1. The fourth-order valence-corrected chi connectivity index (χ4v) is 3.23. The molecule has 0 N–H and O–H groups in total. The van der Waals surface area contributed by atoms with Crippen molar-refractivity contribution in [2.45, 2.75) is 34.1 Å². The lowest BCUT2D eigenvalue weighted by Crippen LogP contribution is -2.32. The minimum atomic E-state index is 0.534. The van der Waals surface area contributed by atoms with Gasteiger partial charge in [0.2, 0.25) is 0 Å². The molecule has 2 bridgehead atoms. The molecule has 2 fully saturated rings. The van der Waals surface area contributed by atoms with Crippen LogP contribution in [0.4, 0.5) is 0 Å². The molecule has 0 aromatic heterocycles. The first-order valence-corrected chi connectivity index (χ1v) is 5.03. The van der Waals surface area contributed by atoms with E-state index in [2.05, 4.69) is 34.3 Å². The van der Waals surface area contributed by atoms with E-state index < -0.39 is 0 Å². The molecule has 0 aliphatic heterocycles. The molecule has 4 unspecified atom stereocenters. The Kier molecular flexibility index (Phi) is 1.50. The fourth-order valence-electron chi connectivity index (χ4n) is 3.23. The Morgan fingerprint density at radius 2 is 1.92 bits per heavy atom. The number of fused-ring (bicyclic) bond motifs is 2. The molecular weight excluding hydrogens is 144 g/mol. The van der Waals surface area contributed by atoms with Crippen LogP contribution < -0.4 is 0 Å². The molecule has 2 aliphatic rings. The van der Waals surface area contributed by atoms with Gasteiger partial charge in [0.05, 0.1) is 0 Å². The van der Waals surface area contributed by atoms with Gasteiger partial charge in [-0.2, -0.15) is 0 Å². The molecule has 1 radical (unpaired) electrons. The van der Waals surface area contributed by atoms with E-state index in [1.54, 1.807) is 5.92 Å². The first-order chi connectivity index (χ1) is 5.48. The van der Waals surface area contributed by atoms with Gasteiger partial charge in [-0.05, 0) is 29.6 Å². The van der Waals surface area contributed by atoms with Crippen molar-refractivity contribution in [2.75, 3.05) is 0 Å². The second-order valence-corrected chi connectivity index (χ2v) is 5.03. The third kappa shape index (κ3) is 0.694. The van der Waals surface area contributed by atoms with Crippen molar-refractivity contribution in [2.24, 2.45) is 23.2 Å². The Morgan fingerprint density at radius 1 is 1.33 bits per heavy atom. The SMILES string of the molecule is C=C1[C]2CC(C)(C1C)C(C)C2C. The molecule has 0 aromatic rings. The molecule has 4 atom stereocenters. The van der Waals surface area contributed by atoms with Gasteiger partial charge in [0.15, 0.2) is 0 Å². The van der Waals surface area contributed by atoms with Gasteiger partial charge < -0.3 is 0 Å². The summed E-state index contributed by atoms with van der Waals surface area (Å²) in [4.78, 5) is 0. The molecule has 0 saturated heterocycles. The Balaban J connectivity index is 2.39. The molecule has 2 saturated carbocycles. The average Bonchev–Trinajstić information content (AvgIpc) is 2.39. The van der Waals surface area contributed by atoms with Crippen molar-refractivity contribution >= 4 is 0 Å². The zero-order valence-electron chi connectivity index (χ0n) is 8.65. The molecule has 2 aliphatic carbocycles. The average molecular weight is 163 g/mol. The quantitative estimate of drug-likeness (QED) is 0.513. The summed E-state index contributed by atoms with van der Waals surface area (Å²) in [6.07, 6.45) is 1.31. The predicted molar refractivity (Wildman–Crippen MR) is 52.6 cm³/mol. The maximum absolute atomic E-state index is 4.21. The predicted octanol–water partition coefficient (Wildman–Crippen LogP) is 3.45. The highest BCUT2D eigenvalue weighted by Crippen LogP contribution is 2.65. The van der Waals surface area contributed by atoms with Crippen LogP contribution in [0.15, 0.2) is 12.2 Å².